The van der Waals surface area contributed by atoms with E-state index in [4.69, 9.17) is 5.10 Å². The maximum atomic E-state index is 4.72. The van der Waals surface area contributed by atoms with Gasteiger partial charge in [0, 0.05) is 40.8 Å². The van der Waals surface area contributed by atoms with E-state index in [9.17, 15) is 0 Å². The van der Waals surface area contributed by atoms with Gasteiger partial charge in [-0.25, -0.2) is 0 Å². The summed E-state index contributed by atoms with van der Waals surface area (Å²) in [5, 5.41) is 10.2. The number of hydrogen-bond acceptors (Lipinski definition) is 3. The monoisotopic (exact) mass is 499 g/mol. The van der Waals surface area contributed by atoms with E-state index in [0.717, 1.165) is 50.9 Å². The second-order valence-electron chi connectivity index (χ2n) is 10.0. The van der Waals surface area contributed by atoms with Crippen LogP contribution in [0.2, 0.25) is 0 Å². The number of piperidine rings is 1. The fourth-order valence-corrected chi connectivity index (χ4v) is 5.53. The third-order valence-electron chi connectivity index (χ3n) is 7.56. The van der Waals surface area contributed by atoms with Crippen molar-refractivity contribution < 1.29 is 0 Å². The minimum Gasteiger partial charge on any atom is -0.353 e. The Morgan fingerprint density at radius 2 is 1.89 bits per heavy atom. The molecular formula is C33H33N5. The predicted octanol–water partition coefficient (Wildman–Crippen LogP) is 7.77. The van der Waals surface area contributed by atoms with Gasteiger partial charge in [0.25, 0.3) is 0 Å². The lowest BCUT2D eigenvalue weighted by Crippen LogP contribution is -2.31. The number of aromatic amines is 2. The van der Waals surface area contributed by atoms with Crippen molar-refractivity contribution in [1.82, 2.24) is 25.1 Å². The van der Waals surface area contributed by atoms with Crippen molar-refractivity contribution in [3.8, 4) is 22.5 Å². The summed E-state index contributed by atoms with van der Waals surface area (Å²) in [6.45, 7) is 9.51. The van der Waals surface area contributed by atoms with Gasteiger partial charge in [-0.2, -0.15) is 5.10 Å². The smallest absolute Gasteiger partial charge is 0.116 e. The van der Waals surface area contributed by atoms with E-state index in [-0.39, 0.29) is 0 Å². The fraction of sp³-hybridized carbons (Fsp3) is 0.212. The maximum Gasteiger partial charge on any atom is 0.116 e. The van der Waals surface area contributed by atoms with Crippen molar-refractivity contribution in [3.05, 3.63) is 103 Å². The van der Waals surface area contributed by atoms with E-state index in [2.05, 4.69) is 94.2 Å². The Hall–Kier alpha value is -4.22. The molecule has 0 bridgehead atoms. The van der Waals surface area contributed by atoms with Crippen LogP contribution in [0.1, 0.15) is 31.7 Å². The highest BCUT2D eigenvalue weighted by atomic mass is 15.1. The second-order valence-corrected chi connectivity index (χ2v) is 10.0. The Balaban J connectivity index is 1.36. The largest absolute Gasteiger partial charge is 0.353 e. The molecule has 1 aliphatic rings. The molecular weight excluding hydrogens is 466 g/mol. The van der Waals surface area contributed by atoms with E-state index >= 15 is 0 Å². The van der Waals surface area contributed by atoms with Gasteiger partial charge in [-0.05, 0) is 85.5 Å². The number of likely N-dealkylation sites (tertiary alicyclic amines) is 1. The van der Waals surface area contributed by atoms with E-state index < -0.39 is 0 Å². The number of nitrogens with zero attached hydrogens (tertiary/aromatic N) is 3. The molecule has 5 nitrogen and oxygen atoms in total. The molecule has 5 aromatic rings. The molecule has 1 saturated heterocycles. The molecule has 6 rings (SSSR count). The number of hydrogen-bond donors (Lipinski definition) is 2. The maximum absolute atomic E-state index is 4.72. The van der Waals surface area contributed by atoms with Crippen LogP contribution >= 0.6 is 0 Å². The number of aromatic nitrogens is 4. The first-order valence-corrected chi connectivity index (χ1v) is 13.5. The summed E-state index contributed by atoms with van der Waals surface area (Å²) in [5.74, 6) is 0. The van der Waals surface area contributed by atoms with E-state index in [1.165, 1.54) is 49.1 Å². The Morgan fingerprint density at radius 1 is 1.00 bits per heavy atom. The molecule has 190 valence electrons. The zero-order valence-corrected chi connectivity index (χ0v) is 21.9. The molecule has 0 unspecified atom stereocenters. The third-order valence-corrected chi connectivity index (χ3v) is 7.56. The number of benzene rings is 2. The Kier molecular flexibility index (Phi) is 6.76. The Bertz CT molecular complexity index is 1650. The highest BCUT2D eigenvalue weighted by molar-refractivity contribution is 6.01. The van der Waals surface area contributed by atoms with Crippen LogP contribution in [0.4, 0.5) is 0 Å². The molecule has 1 aliphatic heterocycles. The number of rotatable bonds is 7. The summed E-state index contributed by atoms with van der Waals surface area (Å²) in [7, 11) is 0. The summed E-state index contributed by atoms with van der Waals surface area (Å²) >= 11 is 0. The van der Waals surface area contributed by atoms with Gasteiger partial charge in [-0.1, -0.05) is 55.5 Å². The molecule has 38 heavy (non-hydrogen) atoms. The summed E-state index contributed by atoms with van der Waals surface area (Å²) in [6.07, 6.45) is 14.1. The van der Waals surface area contributed by atoms with Gasteiger partial charge >= 0.3 is 0 Å². The van der Waals surface area contributed by atoms with Gasteiger partial charge in [0.1, 0.15) is 5.69 Å². The SMILES string of the molecule is C=C/C(=C\C(=C/C)c1ccc2[nH]nc(-c3cc4c(-c5cccnc5)cccc4[nH]3)c2c1)CN1CCCCC1. The quantitative estimate of drug-likeness (QED) is 0.225. The molecule has 4 heterocycles. The minimum atomic E-state index is 0.923. The van der Waals surface area contributed by atoms with Crippen LogP contribution < -0.4 is 0 Å². The predicted molar refractivity (Wildman–Crippen MR) is 159 cm³/mol. The van der Waals surface area contributed by atoms with Crippen LogP contribution in [0.15, 0.2) is 97.4 Å². The zero-order chi connectivity index (χ0) is 25.9. The molecule has 5 heteroatoms. The number of pyridine rings is 1. The fourth-order valence-electron chi connectivity index (χ4n) is 5.53. The van der Waals surface area contributed by atoms with E-state index in [0.29, 0.717) is 0 Å². The molecule has 3 aromatic heterocycles. The van der Waals surface area contributed by atoms with Crippen LogP contribution in [-0.4, -0.2) is 44.7 Å². The molecule has 0 radical (unpaired) electrons. The topological polar surface area (TPSA) is 60.6 Å². The lowest BCUT2D eigenvalue weighted by molar-refractivity contribution is 0.248. The molecule has 0 atom stereocenters. The zero-order valence-electron chi connectivity index (χ0n) is 21.9. The van der Waals surface area contributed by atoms with Crippen LogP contribution in [0.3, 0.4) is 0 Å². The highest BCUT2D eigenvalue weighted by Crippen LogP contribution is 2.34. The number of allylic oxidation sites excluding steroid dienone is 3. The molecule has 1 fully saturated rings. The van der Waals surface area contributed by atoms with Gasteiger partial charge in [-0.15, -0.1) is 0 Å². The molecule has 0 amide bonds. The molecule has 0 aliphatic carbocycles. The summed E-state index contributed by atoms with van der Waals surface area (Å²) < 4.78 is 0. The number of fused-ring (bicyclic) bond motifs is 2. The van der Waals surface area contributed by atoms with E-state index in [1.807, 2.05) is 18.3 Å². The summed E-state index contributed by atoms with van der Waals surface area (Å²) in [5.41, 5.74) is 9.91. The van der Waals surface area contributed by atoms with Gasteiger partial charge < -0.3 is 4.98 Å². The van der Waals surface area contributed by atoms with Gasteiger partial charge in [0.15, 0.2) is 0 Å². The summed E-state index contributed by atoms with van der Waals surface area (Å²) in [4.78, 5) is 10.5. The van der Waals surface area contributed by atoms with Crippen molar-refractivity contribution in [2.24, 2.45) is 0 Å². The van der Waals surface area contributed by atoms with Crippen molar-refractivity contribution in [2.75, 3.05) is 19.6 Å². The molecule has 2 aromatic carbocycles. The van der Waals surface area contributed by atoms with Crippen LogP contribution in [0, 0.1) is 0 Å². The second kappa shape index (κ2) is 10.6. The minimum absolute atomic E-state index is 0.923. The van der Waals surface area contributed by atoms with Crippen molar-refractivity contribution in [2.45, 2.75) is 26.2 Å². The third kappa shape index (κ3) is 4.73. The first-order valence-electron chi connectivity index (χ1n) is 13.5. The first-order chi connectivity index (χ1) is 18.7. The number of H-pyrrole nitrogens is 2. The molecule has 0 spiro atoms. The van der Waals surface area contributed by atoms with Crippen LogP contribution in [-0.2, 0) is 0 Å². The lowest BCUT2D eigenvalue weighted by Gasteiger charge is -2.26. The molecule has 0 saturated carbocycles. The lowest BCUT2D eigenvalue weighted by atomic mass is 9.99. The van der Waals surface area contributed by atoms with Crippen LogP contribution in [0.25, 0.3) is 49.9 Å². The van der Waals surface area contributed by atoms with Gasteiger partial charge in [-0.3, -0.25) is 15.0 Å². The van der Waals surface area contributed by atoms with Crippen LogP contribution in [0.5, 0.6) is 0 Å². The first kappa shape index (κ1) is 24.1. The Labute approximate surface area is 223 Å². The summed E-state index contributed by atoms with van der Waals surface area (Å²) in [6, 6.07) is 19.1. The van der Waals surface area contributed by atoms with Gasteiger partial charge in [0.2, 0.25) is 0 Å². The standard InChI is InChI=1S/C33H33N5/c1-3-23(22-38-16-6-5-7-17-38)18-24(4-2)25-13-14-31-29(19-25)33(37-36-31)32-20-28-27(11-8-12-30(28)35-32)26-10-9-15-34-21-26/h3-4,8-15,18-21,35H,1,5-7,16-17,22H2,2H3,(H,36,37)/b23-18+,24-4+. The average molecular weight is 500 g/mol. The van der Waals surface area contributed by atoms with Crippen molar-refractivity contribution in [1.29, 1.82) is 0 Å². The van der Waals surface area contributed by atoms with Gasteiger partial charge in [0.05, 0.1) is 11.2 Å². The molecule has 2 N–H and O–H groups in total. The normalized spacial score (nSPS) is 15.4. The van der Waals surface area contributed by atoms with Crippen molar-refractivity contribution >= 4 is 27.4 Å². The number of nitrogens with one attached hydrogen (secondary N) is 2. The highest BCUT2D eigenvalue weighted by Gasteiger charge is 2.15. The Morgan fingerprint density at radius 3 is 2.68 bits per heavy atom. The average Bonchev–Trinajstić information content (AvgIpc) is 3.60. The van der Waals surface area contributed by atoms with Crippen molar-refractivity contribution in [3.63, 3.8) is 0 Å². The van der Waals surface area contributed by atoms with E-state index in [1.54, 1.807) is 6.20 Å².